The Kier molecular flexibility index (Phi) is 2.71. The van der Waals surface area contributed by atoms with Crippen molar-refractivity contribution in [2.24, 2.45) is 0 Å². The van der Waals surface area contributed by atoms with E-state index in [0.29, 0.717) is 5.88 Å². The van der Waals surface area contributed by atoms with Crippen LogP contribution in [0.15, 0.2) is 55.0 Å². The van der Waals surface area contributed by atoms with Gasteiger partial charge in [0.1, 0.15) is 12.5 Å². The quantitative estimate of drug-likeness (QED) is 0.789. The molecule has 0 saturated heterocycles. The third-order valence-electron chi connectivity index (χ3n) is 1.81. The second-order valence-corrected chi connectivity index (χ2v) is 2.85. The standard InChI is InChI=1S/C11H11NO2/c1-2-4-10(5-3-1)8-12-11-9-13-6-7-14-11/h1-7,9,12H,8H2. The van der Waals surface area contributed by atoms with E-state index >= 15 is 0 Å². The molecule has 2 rings (SSSR count). The fraction of sp³-hybridized carbons (Fsp3) is 0.0909. The van der Waals surface area contributed by atoms with Gasteiger partial charge in [0.15, 0.2) is 6.26 Å². The molecule has 0 radical (unpaired) electrons. The zero-order chi connectivity index (χ0) is 9.64. The lowest BCUT2D eigenvalue weighted by molar-refractivity contribution is 0.233. The van der Waals surface area contributed by atoms with Crippen molar-refractivity contribution < 1.29 is 9.47 Å². The molecule has 3 nitrogen and oxygen atoms in total. The number of hydrogen-bond donors (Lipinski definition) is 1. The molecule has 1 heterocycles. The third-order valence-corrected chi connectivity index (χ3v) is 1.81. The van der Waals surface area contributed by atoms with Crippen molar-refractivity contribution in [2.45, 2.75) is 6.54 Å². The second-order valence-electron chi connectivity index (χ2n) is 2.85. The van der Waals surface area contributed by atoms with E-state index in [2.05, 4.69) is 5.32 Å². The Morgan fingerprint density at radius 3 is 2.64 bits per heavy atom. The van der Waals surface area contributed by atoms with Crippen LogP contribution in [0.2, 0.25) is 0 Å². The van der Waals surface area contributed by atoms with Crippen LogP contribution in [0.25, 0.3) is 0 Å². The summed E-state index contributed by atoms with van der Waals surface area (Å²) in [5.41, 5.74) is 1.20. The Hall–Kier alpha value is -1.90. The average Bonchev–Trinajstić information content (AvgIpc) is 2.29. The average molecular weight is 189 g/mol. The van der Waals surface area contributed by atoms with E-state index < -0.39 is 0 Å². The van der Waals surface area contributed by atoms with Crippen LogP contribution in [0.3, 0.4) is 0 Å². The molecule has 0 aliphatic carbocycles. The monoisotopic (exact) mass is 189 g/mol. The van der Waals surface area contributed by atoms with Gasteiger partial charge in [0, 0.05) is 6.54 Å². The van der Waals surface area contributed by atoms with Crippen LogP contribution in [-0.2, 0) is 16.0 Å². The lowest BCUT2D eigenvalue weighted by Crippen LogP contribution is -2.15. The molecule has 72 valence electrons. The largest absolute Gasteiger partial charge is 0.464 e. The summed E-state index contributed by atoms with van der Waals surface area (Å²) in [5.74, 6) is 0.622. The number of nitrogens with one attached hydrogen (secondary N) is 1. The highest BCUT2D eigenvalue weighted by Crippen LogP contribution is 2.04. The van der Waals surface area contributed by atoms with Gasteiger partial charge in [-0.2, -0.15) is 0 Å². The van der Waals surface area contributed by atoms with Crippen LogP contribution in [0.1, 0.15) is 5.56 Å². The number of rotatable bonds is 3. The van der Waals surface area contributed by atoms with Gasteiger partial charge in [0.2, 0.25) is 5.88 Å². The maximum Gasteiger partial charge on any atom is 0.228 e. The fourth-order valence-corrected chi connectivity index (χ4v) is 1.13. The first-order valence-electron chi connectivity index (χ1n) is 4.40. The highest BCUT2D eigenvalue weighted by atomic mass is 16.5. The normalized spacial score (nSPS) is 13.9. The highest BCUT2D eigenvalue weighted by Gasteiger charge is 1.99. The van der Waals surface area contributed by atoms with Crippen molar-refractivity contribution in [2.75, 3.05) is 0 Å². The van der Waals surface area contributed by atoms with E-state index in [0.717, 1.165) is 6.54 Å². The fourth-order valence-electron chi connectivity index (χ4n) is 1.13. The summed E-state index contributed by atoms with van der Waals surface area (Å²) in [5, 5.41) is 3.10. The van der Waals surface area contributed by atoms with E-state index in [1.807, 2.05) is 30.3 Å². The van der Waals surface area contributed by atoms with E-state index in [4.69, 9.17) is 9.47 Å². The molecule has 1 aliphatic rings. The third kappa shape index (κ3) is 2.29. The lowest BCUT2D eigenvalue weighted by Gasteiger charge is -2.11. The summed E-state index contributed by atoms with van der Waals surface area (Å²) >= 11 is 0. The molecule has 0 saturated carbocycles. The predicted molar refractivity (Wildman–Crippen MR) is 52.7 cm³/mol. The van der Waals surface area contributed by atoms with Crippen molar-refractivity contribution in [3.63, 3.8) is 0 Å². The van der Waals surface area contributed by atoms with Crippen molar-refractivity contribution in [3.05, 3.63) is 60.6 Å². The van der Waals surface area contributed by atoms with Crippen molar-refractivity contribution in [1.82, 2.24) is 5.32 Å². The lowest BCUT2D eigenvalue weighted by atomic mass is 10.2. The summed E-state index contributed by atoms with van der Waals surface area (Å²) < 4.78 is 10.1. The number of benzene rings is 1. The summed E-state index contributed by atoms with van der Waals surface area (Å²) in [6.45, 7) is 0.726. The van der Waals surface area contributed by atoms with Crippen LogP contribution in [0.5, 0.6) is 0 Å². The number of hydrogen-bond acceptors (Lipinski definition) is 3. The first-order valence-corrected chi connectivity index (χ1v) is 4.40. The molecule has 0 fully saturated rings. The molecule has 0 amide bonds. The maximum absolute atomic E-state index is 5.14. The highest BCUT2D eigenvalue weighted by molar-refractivity contribution is 5.15. The Morgan fingerprint density at radius 1 is 1.07 bits per heavy atom. The molecular weight excluding hydrogens is 178 g/mol. The minimum Gasteiger partial charge on any atom is -0.464 e. The van der Waals surface area contributed by atoms with Crippen LogP contribution >= 0.6 is 0 Å². The van der Waals surface area contributed by atoms with Gasteiger partial charge in [0.05, 0.1) is 0 Å². The molecule has 1 N–H and O–H groups in total. The van der Waals surface area contributed by atoms with Gasteiger partial charge < -0.3 is 14.8 Å². The molecular formula is C11H11NO2. The summed E-state index contributed by atoms with van der Waals surface area (Å²) in [7, 11) is 0. The van der Waals surface area contributed by atoms with Gasteiger partial charge in [-0.25, -0.2) is 0 Å². The minimum atomic E-state index is 0.622. The van der Waals surface area contributed by atoms with E-state index in [-0.39, 0.29) is 0 Å². The van der Waals surface area contributed by atoms with Gasteiger partial charge >= 0.3 is 0 Å². The molecule has 3 heteroatoms. The Morgan fingerprint density at radius 2 is 1.93 bits per heavy atom. The molecule has 14 heavy (non-hydrogen) atoms. The molecule has 0 unspecified atom stereocenters. The van der Waals surface area contributed by atoms with Gasteiger partial charge in [-0.1, -0.05) is 30.3 Å². The summed E-state index contributed by atoms with van der Waals surface area (Å²) in [4.78, 5) is 0. The van der Waals surface area contributed by atoms with Gasteiger partial charge in [-0.15, -0.1) is 0 Å². The molecule has 0 aromatic heterocycles. The molecule has 0 bridgehead atoms. The van der Waals surface area contributed by atoms with E-state index in [1.54, 1.807) is 0 Å². The molecule has 0 atom stereocenters. The van der Waals surface area contributed by atoms with Crippen molar-refractivity contribution in [3.8, 4) is 0 Å². The topological polar surface area (TPSA) is 30.5 Å². The van der Waals surface area contributed by atoms with Gasteiger partial charge in [-0.05, 0) is 5.56 Å². The first-order chi connectivity index (χ1) is 6.95. The molecule has 1 aromatic carbocycles. The van der Waals surface area contributed by atoms with Crippen molar-refractivity contribution in [1.29, 1.82) is 0 Å². The summed E-state index contributed by atoms with van der Waals surface area (Å²) in [6, 6.07) is 10.1. The minimum absolute atomic E-state index is 0.622. The van der Waals surface area contributed by atoms with Crippen LogP contribution in [-0.4, -0.2) is 0 Å². The SMILES string of the molecule is C1=COC(NCc2ccccc2)=CO1. The zero-order valence-corrected chi connectivity index (χ0v) is 7.64. The molecule has 0 spiro atoms. The summed E-state index contributed by atoms with van der Waals surface area (Å²) in [6.07, 6.45) is 4.50. The second kappa shape index (κ2) is 4.37. The van der Waals surface area contributed by atoms with Crippen LogP contribution < -0.4 is 5.32 Å². The number of ether oxygens (including phenoxy) is 2. The molecule has 1 aromatic rings. The zero-order valence-electron chi connectivity index (χ0n) is 7.64. The Labute approximate surface area is 82.6 Å². The van der Waals surface area contributed by atoms with Crippen molar-refractivity contribution >= 4 is 0 Å². The maximum atomic E-state index is 5.14. The Balaban J connectivity index is 1.86. The smallest absolute Gasteiger partial charge is 0.228 e. The van der Waals surface area contributed by atoms with Gasteiger partial charge in [-0.3, -0.25) is 0 Å². The van der Waals surface area contributed by atoms with E-state index in [9.17, 15) is 0 Å². The first kappa shape index (κ1) is 8.69. The van der Waals surface area contributed by atoms with Gasteiger partial charge in [0.25, 0.3) is 0 Å². The Bertz CT molecular complexity index is 344. The predicted octanol–water partition coefficient (Wildman–Crippen LogP) is 2.09. The molecule has 1 aliphatic heterocycles. The van der Waals surface area contributed by atoms with E-state index in [1.165, 1.54) is 24.3 Å². The van der Waals surface area contributed by atoms with Crippen LogP contribution in [0.4, 0.5) is 0 Å². The van der Waals surface area contributed by atoms with Crippen LogP contribution in [0, 0.1) is 0 Å².